The second kappa shape index (κ2) is 9.08. The molecule has 2 nitrogen and oxygen atoms in total. The first kappa shape index (κ1) is 8.86. The van der Waals surface area contributed by atoms with Gasteiger partial charge in [-0.15, -0.1) is 0 Å². The smallest absolute Gasteiger partial charge is 0.177 e. The van der Waals surface area contributed by atoms with Gasteiger partial charge in [-0.05, 0) is 0 Å². The molecule has 0 aromatic carbocycles. The van der Waals surface area contributed by atoms with Crippen LogP contribution in [0, 0.1) is 0 Å². The fraction of sp³-hybridized carbons (Fsp3) is 0. The summed E-state index contributed by atoms with van der Waals surface area (Å²) in [5.41, 5.74) is 0. The molecule has 0 bridgehead atoms. The molecule has 4 heavy (non-hydrogen) atoms. The van der Waals surface area contributed by atoms with Crippen molar-refractivity contribution in [2.75, 3.05) is 0 Å². The molecule has 0 aromatic rings. The molecule has 0 fully saturated rings. The molecule has 0 rings (SSSR count). The Morgan fingerprint density at radius 2 is 1.75 bits per heavy atom. The van der Waals surface area contributed by atoms with E-state index in [1.807, 2.05) is 0 Å². The minimum atomic E-state index is -1.50. The molecule has 0 radical (unpaired) electrons. The standard InChI is InChI=1S/H3O2P.Ti/c1-3-2;/h3H2,(H,1,2);. The van der Waals surface area contributed by atoms with Crippen LogP contribution in [-0.2, 0) is 26.3 Å². The minimum Gasteiger partial charge on any atom is -0.348 e. The SMILES string of the molecule is O=[PH2]O.[Ti]. The van der Waals surface area contributed by atoms with Gasteiger partial charge in [0, 0.05) is 21.7 Å². The third kappa shape index (κ3) is 12.9. The Morgan fingerprint density at radius 3 is 1.75 bits per heavy atom. The maximum atomic E-state index is 8.57. The van der Waals surface area contributed by atoms with E-state index in [1.54, 1.807) is 0 Å². The van der Waals surface area contributed by atoms with E-state index in [-0.39, 0.29) is 21.7 Å². The van der Waals surface area contributed by atoms with Gasteiger partial charge in [0.05, 0.1) is 0 Å². The molecule has 0 spiro atoms. The summed E-state index contributed by atoms with van der Waals surface area (Å²) in [5, 5.41) is 0. The zero-order chi connectivity index (χ0) is 2.71. The Bertz CT molecular complexity index is 13.5. The molecular weight excluding hydrogens is 111 g/mol. The van der Waals surface area contributed by atoms with Crippen molar-refractivity contribution in [3.63, 3.8) is 0 Å². The molecule has 0 saturated carbocycles. The van der Waals surface area contributed by atoms with Gasteiger partial charge in [0.1, 0.15) is 0 Å². The predicted molar refractivity (Wildman–Crippen MR) is 12.6 cm³/mol. The van der Waals surface area contributed by atoms with Gasteiger partial charge >= 0.3 is 0 Å². The van der Waals surface area contributed by atoms with Gasteiger partial charge in [0.25, 0.3) is 0 Å². The maximum absolute atomic E-state index is 8.57. The van der Waals surface area contributed by atoms with Gasteiger partial charge in [-0.3, -0.25) is 4.57 Å². The summed E-state index contributed by atoms with van der Waals surface area (Å²) in [5.74, 6) is 0. The van der Waals surface area contributed by atoms with Crippen LogP contribution in [0.25, 0.3) is 0 Å². The maximum Gasteiger partial charge on any atom is 0.177 e. The van der Waals surface area contributed by atoms with Crippen molar-refractivity contribution >= 4 is 8.69 Å². The first-order valence-electron chi connectivity index (χ1n) is 0.494. The van der Waals surface area contributed by atoms with Crippen molar-refractivity contribution in [1.82, 2.24) is 0 Å². The van der Waals surface area contributed by atoms with Gasteiger partial charge in [0.2, 0.25) is 0 Å². The Kier molecular flexibility index (Phi) is 20.1. The second-order valence-corrected chi connectivity index (χ2v) is 0.316. The van der Waals surface area contributed by atoms with Crippen LogP contribution in [0.1, 0.15) is 0 Å². The largest absolute Gasteiger partial charge is 0.348 e. The quantitative estimate of drug-likeness (QED) is 0.345. The second-order valence-electron chi connectivity index (χ2n) is 0.105. The normalized spacial score (nSPS) is 7.25. The number of hydrogen-bond acceptors (Lipinski definition) is 1. The molecular formula is H3O2PTi. The summed E-state index contributed by atoms with van der Waals surface area (Å²) < 4.78 is 8.57. The Labute approximate surface area is 40.4 Å². The number of rotatable bonds is 0. The van der Waals surface area contributed by atoms with Crippen molar-refractivity contribution in [2.45, 2.75) is 0 Å². The van der Waals surface area contributed by atoms with E-state index in [9.17, 15) is 0 Å². The van der Waals surface area contributed by atoms with Gasteiger partial charge in [-0.2, -0.15) is 0 Å². The molecule has 0 heterocycles. The molecule has 0 aromatic heterocycles. The number of hydrogen-bond donors (Lipinski definition) is 1. The van der Waals surface area contributed by atoms with Crippen molar-refractivity contribution in [1.29, 1.82) is 0 Å². The van der Waals surface area contributed by atoms with Gasteiger partial charge in [0.15, 0.2) is 8.69 Å². The van der Waals surface area contributed by atoms with E-state index >= 15 is 0 Å². The zero-order valence-electron chi connectivity index (χ0n) is 1.93. The van der Waals surface area contributed by atoms with Gasteiger partial charge in [-0.25, -0.2) is 0 Å². The third-order valence-electron chi connectivity index (χ3n) is 0. The fourth-order valence-corrected chi connectivity index (χ4v) is 0. The van der Waals surface area contributed by atoms with Crippen LogP contribution in [0.5, 0.6) is 0 Å². The fourth-order valence-electron chi connectivity index (χ4n) is 0. The summed E-state index contributed by atoms with van der Waals surface area (Å²) >= 11 is 0. The molecule has 0 aliphatic rings. The van der Waals surface area contributed by atoms with E-state index in [1.165, 1.54) is 0 Å². The molecule has 0 amide bonds. The van der Waals surface area contributed by atoms with Crippen molar-refractivity contribution < 1.29 is 31.2 Å². The first-order chi connectivity index (χ1) is 1.41. The summed E-state index contributed by atoms with van der Waals surface area (Å²) in [7, 11) is -1.50. The van der Waals surface area contributed by atoms with E-state index in [4.69, 9.17) is 9.46 Å². The molecule has 0 aliphatic heterocycles. The van der Waals surface area contributed by atoms with Crippen molar-refractivity contribution in [2.24, 2.45) is 0 Å². The van der Waals surface area contributed by atoms with Crippen molar-refractivity contribution in [3.8, 4) is 0 Å². The Balaban J connectivity index is 0. The van der Waals surface area contributed by atoms with Crippen LogP contribution in [0.2, 0.25) is 0 Å². The van der Waals surface area contributed by atoms with Crippen molar-refractivity contribution in [3.05, 3.63) is 0 Å². The van der Waals surface area contributed by atoms with Crippen LogP contribution >= 0.6 is 8.69 Å². The molecule has 24 valence electrons. The summed E-state index contributed by atoms with van der Waals surface area (Å²) in [4.78, 5) is 7.10. The molecule has 4 heteroatoms. The van der Waals surface area contributed by atoms with Crippen LogP contribution in [-0.4, -0.2) is 4.89 Å². The topological polar surface area (TPSA) is 37.3 Å². The molecule has 1 atom stereocenters. The molecule has 0 aliphatic carbocycles. The van der Waals surface area contributed by atoms with Gasteiger partial charge < -0.3 is 4.89 Å². The average Bonchev–Trinajstić information content (AvgIpc) is 0.918. The molecule has 1 N–H and O–H groups in total. The summed E-state index contributed by atoms with van der Waals surface area (Å²) in [6.07, 6.45) is 0. The van der Waals surface area contributed by atoms with Crippen LogP contribution in [0.3, 0.4) is 0 Å². The monoisotopic (exact) mass is 114 g/mol. The van der Waals surface area contributed by atoms with E-state index in [0.717, 1.165) is 0 Å². The van der Waals surface area contributed by atoms with Gasteiger partial charge in [-0.1, -0.05) is 0 Å². The van der Waals surface area contributed by atoms with Crippen LogP contribution < -0.4 is 0 Å². The average molecular weight is 114 g/mol. The van der Waals surface area contributed by atoms with E-state index in [0.29, 0.717) is 0 Å². The molecule has 0 saturated heterocycles. The van der Waals surface area contributed by atoms with Crippen LogP contribution in [0.4, 0.5) is 0 Å². The zero-order valence-corrected chi connectivity index (χ0v) is 4.65. The summed E-state index contributed by atoms with van der Waals surface area (Å²) in [6.45, 7) is 0. The Morgan fingerprint density at radius 1 is 1.75 bits per heavy atom. The Hall–Kier alpha value is 0.904. The summed E-state index contributed by atoms with van der Waals surface area (Å²) in [6, 6.07) is 0. The van der Waals surface area contributed by atoms with E-state index in [2.05, 4.69) is 0 Å². The third-order valence-corrected chi connectivity index (χ3v) is 0. The molecule has 1 unspecified atom stereocenters. The van der Waals surface area contributed by atoms with Crippen LogP contribution in [0.15, 0.2) is 0 Å². The van der Waals surface area contributed by atoms with E-state index < -0.39 is 8.69 Å². The predicted octanol–water partition coefficient (Wildman–Crippen LogP) is -0.353. The first-order valence-corrected chi connectivity index (χ1v) is 1.48. The minimum absolute atomic E-state index is 0.